The van der Waals surface area contributed by atoms with Crippen LogP contribution >= 0.6 is 25.8 Å². The average molecular weight is 124 g/mol. The molecule has 0 saturated carbocycles. The van der Waals surface area contributed by atoms with Crippen molar-refractivity contribution in [3.63, 3.8) is 0 Å². The molecule has 0 aromatic rings. The van der Waals surface area contributed by atoms with Gasteiger partial charge in [0.15, 0.2) is 0 Å². The zero-order valence-corrected chi connectivity index (χ0v) is 5.38. The molecule has 0 fully saturated rings. The quantitative estimate of drug-likeness (QED) is 0.285. The van der Waals surface area contributed by atoms with Gasteiger partial charge in [0.1, 0.15) is 0 Å². The minimum absolute atomic E-state index is 1.75. The fourth-order valence-corrected chi connectivity index (χ4v) is 0. The molecule has 0 aliphatic heterocycles. The average Bonchev–Trinajstić information content (AvgIpc) is 1.39. The van der Waals surface area contributed by atoms with Gasteiger partial charge >= 0.3 is 0 Å². The number of allylic oxidation sites excluding steroid dienone is 1. The minimum atomic E-state index is 1.75. The van der Waals surface area contributed by atoms with E-state index in [9.17, 15) is 0 Å². The van der Waals surface area contributed by atoms with Crippen LogP contribution in [0.5, 0.6) is 0 Å². The molecule has 0 aromatic carbocycles. The van der Waals surface area contributed by atoms with Crippen LogP contribution in [0, 0.1) is 0 Å². The normalized spacial score (nSPS) is 5.17. The molecule has 0 heterocycles. The first kappa shape index (κ1) is 9.64. The monoisotopic (exact) mass is 124 g/mol. The maximum atomic E-state index is 3.64. The van der Waals surface area contributed by atoms with Gasteiger partial charge in [-0.1, -0.05) is 6.08 Å². The molecule has 0 radical (unpaired) electrons. The molecule has 0 amide bonds. The molecule has 0 N–H and O–H groups in total. The summed E-state index contributed by atoms with van der Waals surface area (Å²) in [5, 5.41) is 0. The highest BCUT2D eigenvalue weighted by atomic mass is 32.2. The van der Waals surface area contributed by atoms with Crippen LogP contribution < -0.4 is 0 Å². The van der Waals surface area contributed by atoms with Crippen molar-refractivity contribution in [3.05, 3.63) is 12.7 Å². The number of hydrogen-bond donors (Lipinski definition) is 2. The summed E-state index contributed by atoms with van der Waals surface area (Å²) in [6.07, 6.45) is 1.75. The first-order valence-electron chi connectivity index (χ1n) is 1.35. The fraction of sp³-hybridized carbons (Fsp3) is 0.333. The van der Waals surface area contributed by atoms with Crippen molar-refractivity contribution in [1.82, 2.24) is 0 Å². The van der Waals surface area contributed by atoms with Crippen LogP contribution in [0.4, 0.5) is 0 Å². The molecular formula is C3H8OS2. The second-order valence-corrected chi connectivity index (χ2v) is 1.14. The van der Waals surface area contributed by atoms with E-state index in [-0.39, 0.29) is 0 Å². The molecule has 6 heavy (non-hydrogen) atoms. The predicted molar refractivity (Wildman–Crippen MR) is 34.9 cm³/mol. The van der Waals surface area contributed by atoms with Crippen molar-refractivity contribution < 1.29 is 3.63 Å². The molecule has 0 bridgehead atoms. The summed E-state index contributed by atoms with van der Waals surface area (Å²) in [5.74, 6) is 0. The molecule has 1 nitrogen and oxygen atoms in total. The van der Waals surface area contributed by atoms with Crippen molar-refractivity contribution in [2.45, 2.75) is 6.92 Å². The van der Waals surface area contributed by atoms with Crippen molar-refractivity contribution in [2.75, 3.05) is 0 Å². The van der Waals surface area contributed by atoms with Gasteiger partial charge in [0, 0.05) is 0 Å². The maximum absolute atomic E-state index is 3.64. The van der Waals surface area contributed by atoms with Gasteiger partial charge in [0.2, 0.25) is 0 Å². The van der Waals surface area contributed by atoms with Crippen molar-refractivity contribution >= 4 is 25.8 Å². The summed E-state index contributed by atoms with van der Waals surface area (Å²) >= 11 is 6.31. The molecule has 0 unspecified atom stereocenters. The summed E-state index contributed by atoms with van der Waals surface area (Å²) < 4.78 is 3.64. The first-order chi connectivity index (χ1) is 2.83. The van der Waals surface area contributed by atoms with Gasteiger partial charge in [-0.3, -0.25) is 3.63 Å². The Morgan fingerprint density at radius 3 is 1.67 bits per heavy atom. The zero-order chi connectivity index (χ0) is 5.41. The lowest BCUT2D eigenvalue weighted by Crippen LogP contribution is -1.17. The Bertz CT molecular complexity index is 22.8. The highest BCUT2D eigenvalue weighted by molar-refractivity contribution is 7.89. The van der Waals surface area contributed by atoms with E-state index >= 15 is 0 Å². The Morgan fingerprint density at radius 1 is 1.67 bits per heavy atom. The number of thiol groups is 2. The van der Waals surface area contributed by atoms with Crippen LogP contribution in [0.3, 0.4) is 0 Å². The van der Waals surface area contributed by atoms with Crippen molar-refractivity contribution in [2.24, 2.45) is 0 Å². The third-order valence-electron chi connectivity index (χ3n) is 0. The molecule has 0 aliphatic rings. The Balaban J connectivity index is 0. The third kappa shape index (κ3) is 318. The van der Waals surface area contributed by atoms with E-state index in [0.717, 1.165) is 0 Å². The summed E-state index contributed by atoms with van der Waals surface area (Å²) in [7, 11) is 0. The van der Waals surface area contributed by atoms with Crippen molar-refractivity contribution in [3.8, 4) is 0 Å². The fourth-order valence-electron chi connectivity index (χ4n) is 0. The van der Waals surface area contributed by atoms with Crippen molar-refractivity contribution in [1.29, 1.82) is 0 Å². The van der Waals surface area contributed by atoms with Gasteiger partial charge < -0.3 is 0 Å². The molecule has 0 rings (SSSR count). The predicted octanol–water partition coefficient (Wildman–Crippen LogP) is 1.88. The number of hydrogen-bond acceptors (Lipinski definition) is 3. The maximum Gasteiger partial charge on any atom is -0.00944 e. The molecule has 0 saturated heterocycles. The lowest BCUT2D eigenvalue weighted by atomic mass is 10.8. The Morgan fingerprint density at radius 2 is 1.67 bits per heavy atom. The number of rotatable bonds is 0. The Kier molecular flexibility index (Phi) is 29.2. The largest absolute Gasteiger partial charge is 0.254 e. The summed E-state index contributed by atoms with van der Waals surface area (Å²) in [6.45, 7) is 5.25. The second-order valence-electron chi connectivity index (χ2n) is 0.490. The van der Waals surface area contributed by atoms with Gasteiger partial charge in [-0.2, -0.15) is 0 Å². The van der Waals surface area contributed by atoms with Crippen LogP contribution in [0.1, 0.15) is 6.92 Å². The van der Waals surface area contributed by atoms with Gasteiger partial charge in [-0.15, -0.1) is 6.58 Å². The summed E-state index contributed by atoms with van der Waals surface area (Å²) in [6, 6.07) is 0. The molecule has 0 spiro atoms. The van der Waals surface area contributed by atoms with Gasteiger partial charge in [0.05, 0.1) is 0 Å². The zero-order valence-electron chi connectivity index (χ0n) is 3.59. The summed E-state index contributed by atoms with van der Waals surface area (Å²) in [5.41, 5.74) is 0. The van der Waals surface area contributed by atoms with E-state index < -0.39 is 0 Å². The topological polar surface area (TPSA) is 9.23 Å². The molecule has 3 heteroatoms. The highest BCUT2D eigenvalue weighted by Crippen LogP contribution is 1.75. The van der Waals surface area contributed by atoms with E-state index in [1.807, 2.05) is 6.92 Å². The second kappa shape index (κ2) is 18.2. The van der Waals surface area contributed by atoms with Crippen LogP contribution in [-0.4, -0.2) is 0 Å². The van der Waals surface area contributed by atoms with E-state index in [0.29, 0.717) is 0 Å². The van der Waals surface area contributed by atoms with Crippen LogP contribution in [0.15, 0.2) is 12.7 Å². The third-order valence-corrected chi connectivity index (χ3v) is 0. The first-order valence-corrected chi connectivity index (χ1v) is 2.08. The lowest BCUT2D eigenvalue weighted by molar-refractivity contribution is 0.791. The van der Waals surface area contributed by atoms with E-state index in [1.165, 1.54) is 0 Å². The molecule has 0 aliphatic carbocycles. The minimum Gasteiger partial charge on any atom is -0.254 e. The Hall–Kier alpha value is 0.400. The molecule has 0 atom stereocenters. The lowest BCUT2D eigenvalue weighted by Gasteiger charge is -1.55. The highest BCUT2D eigenvalue weighted by Gasteiger charge is 1.29. The van der Waals surface area contributed by atoms with E-state index in [1.54, 1.807) is 6.08 Å². The Labute approximate surface area is 49.6 Å². The molecule has 0 aromatic heterocycles. The van der Waals surface area contributed by atoms with Gasteiger partial charge in [-0.25, -0.2) is 0 Å². The summed E-state index contributed by atoms with van der Waals surface area (Å²) in [4.78, 5) is 0. The van der Waals surface area contributed by atoms with Crippen LogP contribution in [-0.2, 0) is 3.63 Å². The molecule has 38 valence electrons. The SMILES string of the molecule is C=CC.SOS. The van der Waals surface area contributed by atoms with E-state index in [4.69, 9.17) is 0 Å². The van der Waals surface area contributed by atoms with Gasteiger partial charge in [0.25, 0.3) is 0 Å². The van der Waals surface area contributed by atoms with E-state index in [2.05, 4.69) is 36.0 Å². The standard InChI is InChI=1S/C3H6.H2OS2/c1-3-2;2-1-3/h3H,1H2,2H3;2-3H. The van der Waals surface area contributed by atoms with Crippen LogP contribution in [0.2, 0.25) is 0 Å². The van der Waals surface area contributed by atoms with Gasteiger partial charge in [-0.05, 0) is 32.7 Å². The molecular weight excluding hydrogens is 116 g/mol. The van der Waals surface area contributed by atoms with Crippen LogP contribution in [0.25, 0.3) is 0 Å². The smallest absolute Gasteiger partial charge is 0.00944 e.